The highest BCUT2D eigenvalue weighted by molar-refractivity contribution is 6.01. The van der Waals surface area contributed by atoms with E-state index >= 15 is 0 Å². The highest BCUT2D eigenvalue weighted by atomic mass is 15.1. The van der Waals surface area contributed by atoms with Crippen LogP contribution in [0.3, 0.4) is 0 Å². The van der Waals surface area contributed by atoms with Gasteiger partial charge in [0, 0.05) is 22.4 Å². The summed E-state index contributed by atoms with van der Waals surface area (Å²) >= 11 is 0. The number of anilines is 3. The van der Waals surface area contributed by atoms with Gasteiger partial charge in [0.05, 0.1) is 11.1 Å². The van der Waals surface area contributed by atoms with E-state index in [1.54, 1.807) is 0 Å². The molecule has 0 aromatic heterocycles. The van der Waals surface area contributed by atoms with E-state index in [9.17, 15) is 0 Å². The summed E-state index contributed by atoms with van der Waals surface area (Å²) in [5, 5.41) is 0. The molecular formula is C64H51N. The monoisotopic (exact) mass is 833 g/mol. The van der Waals surface area contributed by atoms with Gasteiger partial charge in [0.15, 0.2) is 0 Å². The van der Waals surface area contributed by atoms with Crippen molar-refractivity contribution in [3.05, 3.63) is 257 Å². The highest BCUT2D eigenvalue weighted by Gasteiger charge is 2.52. The van der Waals surface area contributed by atoms with Crippen LogP contribution in [-0.4, -0.2) is 0 Å². The molecule has 0 fully saturated rings. The van der Waals surface area contributed by atoms with E-state index in [2.05, 4.69) is 245 Å². The molecule has 0 saturated heterocycles. The first-order valence-electron chi connectivity index (χ1n) is 23.3. The lowest BCUT2D eigenvalue weighted by Crippen LogP contribution is -2.26. The van der Waals surface area contributed by atoms with Crippen LogP contribution in [0.25, 0.3) is 55.7 Å². The quantitative estimate of drug-likeness (QED) is 0.155. The van der Waals surface area contributed by atoms with Crippen molar-refractivity contribution in [2.24, 2.45) is 0 Å². The Morgan fingerprint density at radius 2 is 1.11 bits per heavy atom. The van der Waals surface area contributed by atoms with Crippen LogP contribution in [0.4, 0.5) is 17.1 Å². The maximum atomic E-state index is 2.53. The number of allylic oxidation sites excluding steroid dienone is 8. The molecule has 1 spiro atoms. The zero-order chi connectivity index (χ0) is 43.9. The van der Waals surface area contributed by atoms with Crippen molar-refractivity contribution in [2.75, 3.05) is 4.90 Å². The number of benzene rings is 8. The lowest BCUT2D eigenvalue weighted by atomic mass is 9.69. The number of para-hydroxylation sites is 1. The average Bonchev–Trinajstić information content (AvgIpc) is 3.89. The number of hydrogen-bond acceptors (Lipinski definition) is 1. The molecule has 0 amide bonds. The first kappa shape index (κ1) is 39.1. The van der Waals surface area contributed by atoms with Gasteiger partial charge >= 0.3 is 0 Å². The summed E-state index contributed by atoms with van der Waals surface area (Å²) in [7, 11) is 0. The Morgan fingerprint density at radius 1 is 0.477 bits per heavy atom. The van der Waals surface area contributed by atoms with Gasteiger partial charge < -0.3 is 4.90 Å². The van der Waals surface area contributed by atoms with Gasteiger partial charge in [0.2, 0.25) is 0 Å². The molecule has 0 aliphatic heterocycles. The molecule has 4 aliphatic rings. The van der Waals surface area contributed by atoms with Crippen molar-refractivity contribution in [2.45, 2.75) is 51.4 Å². The summed E-state index contributed by atoms with van der Waals surface area (Å²) in [6, 6.07) is 68.7. The third kappa shape index (κ3) is 5.78. The van der Waals surface area contributed by atoms with E-state index in [0.717, 1.165) is 29.9 Å². The highest BCUT2D eigenvalue weighted by Crippen LogP contribution is 2.63. The molecular weight excluding hydrogens is 783 g/mol. The second kappa shape index (κ2) is 15.1. The molecule has 0 bridgehead atoms. The smallest absolute Gasteiger partial charge is 0.0722 e. The van der Waals surface area contributed by atoms with Gasteiger partial charge in [-0.25, -0.2) is 0 Å². The lowest BCUT2D eigenvalue weighted by molar-refractivity contribution is 0.660. The second-order valence-corrected chi connectivity index (χ2v) is 18.6. The van der Waals surface area contributed by atoms with E-state index in [0.29, 0.717) is 0 Å². The van der Waals surface area contributed by atoms with Gasteiger partial charge in [-0.1, -0.05) is 190 Å². The van der Waals surface area contributed by atoms with Crippen molar-refractivity contribution in [1.82, 2.24) is 0 Å². The molecule has 4 aliphatic carbocycles. The van der Waals surface area contributed by atoms with E-state index in [1.807, 2.05) is 0 Å². The van der Waals surface area contributed by atoms with Crippen LogP contribution in [0.1, 0.15) is 79.5 Å². The molecule has 65 heavy (non-hydrogen) atoms. The Labute approximate surface area is 384 Å². The first-order valence-corrected chi connectivity index (χ1v) is 23.3. The minimum absolute atomic E-state index is 0.150. The topological polar surface area (TPSA) is 3.24 Å². The Bertz CT molecular complexity index is 3370. The van der Waals surface area contributed by atoms with Gasteiger partial charge in [0.25, 0.3) is 0 Å². The molecule has 1 heteroatoms. The molecule has 0 heterocycles. The number of nitrogens with zero attached hydrogens (tertiary/aromatic N) is 1. The summed E-state index contributed by atoms with van der Waals surface area (Å²) in [5.41, 5.74) is 26.3. The minimum atomic E-state index is -0.417. The van der Waals surface area contributed by atoms with Crippen LogP contribution in [0.2, 0.25) is 0 Å². The van der Waals surface area contributed by atoms with Gasteiger partial charge in [-0.05, 0) is 158 Å². The molecule has 8 aromatic rings. The number of rotatable bonds is 7. The predicted octanol–water partition coefficient (Wildman–Crippen LogP) is 17.2. The Morgan fingerprint density at radius 3 is 1.88 bits per heavy atom. The van der Waals surface area contributed by atoms with Crippen molar-refractivity contribution in [1.29, 1.82) is 0 Å². The summed E-state index contributed by atoms with van der Waals surface area (Å²) < 4.78 is 0. The summed E-state index contributed by atoms with van der Waals surface area (Å²) in [6.07, 6.45) is 13.8. The fourth-order valence-corrected chi connectivity index (χ4v) is 12.0. The molecule has 0 N–H and O–H groups in total. The SMILES string of the molecule is C/C=C\C1=C(C)c2ccccc2C12c1ccccc1-c1c(-c3cc(C4=CCCC=C4)cc(N(c4ccc5c(c4)C(C)(C)c4ccccc4-5)c4ccccc4-c4ccccc4)c3)cccc12. The van der Waals surface area contributed by atoms with Gasteiger partial charge in [-0.3, -0.25) is 0 Å². The van der Waals surface area contributed by atoms with E-state index in [4.69, 9.17) is 0 Å². The molecule has 8 aromatic carbocycles. The van der Waals surface area contributed by atoms with E-state index < -0.39 is 5.41 Å². The molecule has 1 atom stereocenters. The van der Waals surface area contributed by atoms with Crippen molar-refractivity contribution in [3.63, 3.8) is 0 Å². The van der Waals surface area contributed by atoms with E-state index in [-0.39, 0.29) is 5.41 Å². The number of fused-ring (bicyclic) bond motifs is 10. The third-order valence-corrected chi connectivity index (χ3v) is 14.8. The zero-order valence-electron chi connectivity index (χ0n) is 37.6. The largest absolute Gasteiger partial charge is 0.310 e. The molecule has 0 saturated carbocycles. The third-order valence-electron chi connectivity index (χ3n) is 14.8. The standard InChI is InChI=1S/C64H51N/c1-5-21-55-42(2)49-26-12-17-32-57(49)64(55)58-33-18-14-29-54(58)62-51(30-20-34-59(62)64)46-38-45(43-22-8-6-9-23-43)39-48(40-46)65(61-35-19-15-27-50(61)44-24-10-7-11-25-44)47-36-37-53-52-28-13-16-31-56(52)63(3,4)60(53)41-47/h5,7-8,10-41H,6,9H2,1-4H3/b21-5-. The van der Waals surface area contributed by atoms with Crippen LogP contribution in [0.5, 0.6) is 0 Å². The van der Waals surface area contributed by atoms with E-state index in [1.165, 1.54) is 100 Å². The summed E-state index contributed by atoms with van der Waals surface area (Å²) in [4.78, 5) is 2.53. The lowest BCUT2D eigenvalue weighted by Gasteiger charge is -2.32. The predicted molar refractivity (Wildman–Crippen MR) is 275 cm³/mol. The molecule has 312 valence electrons. The molecule has 0 radical (unpaired) electrons. The Balaban J connectivity index is 1.14. The van der Waals surface area contributed by atoms with Crippen molar-refractivity contribution in [3.8, 4) is 44.5 Å². The van der Waals surface area contributed by atoms with Crippen LogP contribution in [0, 0.1) is 0 Å². The minimum Gasteiger partial charge on any atom is -0.310 e. The van der Waals surface area contributed by atoms with Crippen LogP contribution in [-0.2, 0) is 10.8 Å². The fourth-order valence-electron chi connectivity index (χ4n) is 12.0. The molecule has 1 nitrogen and oxygen atoms in total. The van der Waals surface area contributed by atoms with Crippen LogP contribution >= 0.6 is 0 Å². The summed E-state index contributed by atoms with van der Waals surface area (Å²) in [5.74, 6) is 0. The molecule has 12 rings (SSSR count). The molecule has 1 unspecified atom stereocenters. The van der Waals surface area contributed by atoms with Gasteiger partial charge in [-0.15, -0.1) is 0 Å². The normalized spacial score (nSPS) is 17.2. The number of hydrogen-bond donors (Lipinski definition) is 0. The van der Waals surface area contributed by atoms with Crippen LogP contribution < -0.4 is 4.90 Å². The zero-order valence-corrected chi connectivity index (χ0v) is 37.6. The van der Waals surface area contributed by atoms with Gasteiger partial charge in [-0.2, -0.15) is 0 Å². The Hall–Kier alpha value is -7.48. The fraction of sp³-hybridized carbons (Fsp3) is 0.125. The maximum absolute atomic E-state index is 2.53. The summed E-state index contributed by atoms with van der Waals surface area (Å²) in [6.45, 7) is 9.23. The maximum Gasteiger partial charge on any atom is 0.0722 e. The van der Waals surface area contributed by atoms with Crippen LogP contribution in [0.15, 0.2) is 218 Å². The Kier molecular flexibility index (Phi) is 9.07. The first-order chi connectivity index (χ1) is 31.9. The average molecular weight is 834 g/mol. The van der Waals surface area contributed by atoms with Crippen molar-refractivity contribution < 1.29 is 0 Å². The van der Waals surface area contributed by atoms with Gasteiger partial charge in [0.1, 0.15) is 0 Å². The van der Waals surface area contributed by atoms with Crippen molar-refractivity contribution >= 4 is 28.2 Å². The second-order valence-electron chi connectivity index (χ2n) is 18.6.